The summed E-state index contributed by atoms with van der Waals surface area (Å²) >= 11 is 6.07. The molecule has 2 aromatic heterocycles. The van der Waals surface area contributed by atoms with Gasteiger partial charge in [-0.2, -0.15) is 18.3 Å². The molecule has 0 fully saturated rings. The third kappa shape index (κ3) is 4.36. The maximum Gasteiger partial charge on any atom is 0.417 e. The average Bonchev–Trinajstić information content (AvgIpc) is 3.08. The molecule has 1 N–H and O–H groups in total. The Labute approximate surface area is 191 Å². The SMILES string of the molecule is Cc1ccc(-n2nc(C)c3c(C(F)(F)F)cc(=O)n(CC(=O)Nc4ccccc4Cl)c32)cc1. The van der Waals surface area contributed by atoms with Crippen molar-refractivity contribution in [2.75, 3.05) is 5.32 Å². The monoisotopic (exact) mass is 474 g/mol. The van der Waals surface area contributed by atoms with Crippen LogP contribution in [0.3, 0.4) is 0 Å². The molecule has 4 aromatic rings. The van der Waals surface area contributed by atoms with Crippen LogP contribution in [0, 0.1) is 13.8 Å². The standard InChI is InChI=1S/C23H18ClF3N4O2/c1-13-7-9-15(10-8-13)31-22-21(14(2)29-31)16(23(25,26)27)11-20(33)30(22)12-19(32)28-18-6-4-3-5-17(18)24/h3-11H,12H2,1-2H3,(H,28,32). The third-order valence-corrected chi connectivity index (χ3v) is 5.46. The highest BCUT2D eigenvalue weighted by Crippen LogP contribution is 2.36. The molecule has 0 saturated carbocycles. The molecule has 33 heavy (non-hydrogen) atoms. The lowest BCUT2D eigenvalue weighted by molar-refractivity contribution is -0.136. The number of rotatable bonds is 4. The molecule has 2 heterocycles. The minimum absolute atomic E-state index is 0.0816. The van der Waals surface area contributed by atoms with E-state index >= 15 is 0 Å². The van der Waals surface area contributed by atoms with Crippen molar-refractivity contribution in [2.45, 2.75) is 26.6 Å². The van der Waals surface area contributed by atoms with Crippen LogP contribution in [0.5, 0.6) is 0 Å². The second-order valence-electron chi connectivity index (χ2n) is 7.54. The summed E-state index contributed by atoms with van der Waals surface area (Å²) in [6, 6.07) is 13.9. The van der Waals surface area contributed by atoms with Crippen LogP contribution in [0.15, 0.2) is 59.4 Å². The number of fused-ring (bicyclic) bond motifs is 1. The van der Waals surface area contributed by atoms with Gasteiger partial charge in [0.2, 0.25) is 5.91 Å². The van der Waals surface area contributed by atoms with Gasteiger partial charge in [0.25, 0.3) is 5.56 Å². The highest BCUT2D eigenvalue weighted by molar-refractivity contribution is 6.33. The third-order valence-electron chi connectivity index (χ3n) is 5.13. The number of aryl methyl sites for hydroxylation is 2. The van der Waals surface area contributed by atoms with Gasteiger partial charge in [0.15, 0.2) is 0 Å². The van der Waals surface area contributed by atoms with Gasteiger partial charge in [-0.05, 0) is 38.1 Å². The van der Waals surface area contributed by atoms with E-state index in [0.29, 0.717) is 17.4 Å². The summed E-state index contributed by atoms with van der Waals surface area (Å²) in [5, 5.41) is 6.91. The zero-order chi connectivity index (χ0) is 23.9. The van der Waals surface area contributed by atoms with Crippen LogP contribution in [0.4, 0.5) is 18.9 Å². The zero-order valence-electron chi connectivity index (χ0n) is 17.6. The molecule has 0 saturated heterocycles. The fraction of sp³-hybridized carbons (Fsp3) is 0.174. The smallest absolute Gasteiger partial charge is 0.323 e. The molecule has 0 atom stereocenters. The Hall–Kier alpha value is -3.59. The molecule has 0 aliphatic heterocycles. The summed E-state index contributed by atoms with van der Waals surface area (Å²) in [7, 11) is 0. The second kappa shape index (κ2) is 8.40. The average molecular weight is 475 g/mol. The van der Waals surface area contributed by atoms with Crippen LogP contribution in [0.2, 0.25) is 5.02 Å². The predicted octanol–water partition coefficient (Wildman–Crippen LogP) is 5.11. The number of alkyl halides is 3. The van der Waals surface area contributed by atoms with Gasteiger partial charge in [-0.3, -0.25) is 14.2 Å². The normalized spacial score (nSPS) is 11.7. The van der Waals surface area contributed by atoms with Gasteiger partial charge >= 0.3 is 6.18 Å². The van der Waals surface area contributed by atoms with E-state index in [9.17, 15) is 22.8 Å². The maximum absolute atomic E-state index is 13.8. The fourth-order valence-corrected chi connectivity index (χ4v) is 3.78. The summed E-state index contributed by atoms with van der Waals surface area (Å²) in [5.74, 6) is -0.624. The van der Waals surface area contributed by atoms with E-state index in [2.05, 4.69) is 10.4 Å². The number of anilines is 1. The lowest BCUT2D eigenvalue weighted by Gasteiger charge is -2.15. The summed E-state index contributed by atoms with van der Waals surface area (Å²) in [6.07, 6.45) is -4.78. The quantitative estimate of drug-likeness (QED) is 0.446. The molecule has 4 rings (SSSR count). The van der Waals surface area contributed by atoms with E-state index in [0.717, 1.165) is 10.1 Å². The molecule has 0 bridgehead atoms. The van der Waals surface area contributed by atoms with E-state index in [-0.39, 0.29) is 21.7 Å². The number of carbonyl (C=O) groups is 1. The van der Waals surface area contributed by atoms with E-state index in [1.807, 2.05) is 6.92 Å². The Balaban J connectivity index is 1.91. The first-order valence-corrected chi connectivity index (χ1v) is 10.3. The van der Waals surface area contributed by atoms with Crippen molar-refractivity contribution < 1.29 is 18.0 Å². The Morgan fingerprint density at radius 2 is 1.76 bits per heavy atom. The summed E-state index contributed by atoms with van der Waals surface area (Å²) < 4.78 is 43.6. The van der Waals surface area contributed by atoms with Crippen molar-refractivity contribution in [2.24, 2.45) is 0 Å². The number of benzene rings is 2. The molecular weight excluding hydrogens is 457 g/mol. The topological polar surface area (TPSA) is 68.9 Å². The van der Waals surface area contributed by atoms with Crippen LogP contribution >= 0.6 is 11.6 Å². The Kier molecular flexibility index (Phi) is 5.75. The molecular formula is C23H18ClF3N4O2. The number of hydrogen-bond acceptors (Lipinski definition) is 3. The summed E-state index contributed by atoms with van der Waals surface area (Å²) in [4.78, 5) is 25.5. The number of nitrogens with zero attached hydrogens (tertiary/aromatic N) is 3. The van der Waals surface area contributed by atoms with Gasteiger partial charge in [0.05, 0.1) is 33.0 Å². The Morgan fingerprint density at radius 3 is 2.39 bits per heavy atom. The zero-order valence-corrected chi connectivity index (χ0v) is 18.3. The van der Waals surface area contributed by atoms with Gasteiger partial charge in [-0.25, -0.2) is 4.68 Å². The van der Waals surface area contributed by atoms with Gasteiger partial charge in [-0.15, -0.1) is 0 Å². The number of para-hydroxylation sites is 1. The van der Waals surface area contributed by atoms with E-state index in [4.69, 9.17) is 11.6 Å². The molecule has 2 aromatic carbocycles. The molecule has 6 nitrogen and oxygen atoms in total. The Morgan fingerprint density at radius 1 is 1.09 bits per heavy atom. The van der Waals surface area contributed by atoms with Gasteiger partial charge < -0.3 is 5.32 Å². The van der Waals surface area contributed by atoms with Crippen molar-refractivity contribution in [3.8, 4) is 5.69 Å². The molecule has 10 heteroatoms. The first-order valence-electron chi connectivity index (χ1n) is 9.88. The molecule has 0 aliphatic carbocycles. The van der Waals surface area contributed by atoms with Gasteiger partial charge in [0.1, 0.15) is 12.2 Å². The number of nitrogens with one attached hydrogen (secondary N) is 1. The van der Waals surface area contributed by atoms with Crippen LogP contribution in [-0.4, -0.2) is 20.3 Å². The minimum Gasteiger partial charge on any atom is -0.323 e. The van der Waals surface area contributed by atoms with Crippen molar-refractivity contribution in [1.29, 1.82) is 0 Å². The molecule has 0 radical (unpaired) electrons. The molecule has 0 aliphatic rings. The molecule has 0 unspecified atom stereocenters. The Bertz CT molecular complexity index is 1420. The minimum atomic E-state index is -4.78. The van der Waals surface area contributed by atoms with Gasteiger partial charge in [-0.1, -0.05) is 41.4 Å². The first-order chi connectivity index (χ1) is 15.6. The van der Waals surface area contributed by atoms with Crippen molar-refractivity contribution in [1.82, 2.24) is 14.3 Å². The fourth-order valence-electron chi connectivity index (χ4n) is 3.60. The number of amides is 1. The van der Waals surface area contributed by atoms with Crippen molar-refractivity contribution >= 4 is 34.2 Å². The molecule has 0 spiro atoms. The lowest BCUT2D eigenvalue weighted by atomic mass is 10.1. The first kappa shape index (κ1) is 22.6. The predicted molar refractivity (Wildman–Crippen MR) is 120 cm³/mol. The van der Waals surface area contributed by atoms with Crippen LogP contribution < -0.4 is 10.9 Å². The highest BCUT2D eigenvalue weighted by atomic mass is 35.5. The number of aromatic nitrogens is 3. The van der Waals surface area contributed by atoms with Crippen LogP contribution in [0.25, 0.3) is 16.7 Å². The van der Waals surface area contributed by atoms with Crippen molar-refractivity contribution in [3.05, 3.63) is 86.8 Å². The highest BCUT2D eigenvalue weighted by Gasteiger charge is 2.36. The van der Waals surface area contributed by atoms with Crippen LogP contribution in [0.1, 0.15) is 16.8 Å². The second-order valence-corrected chi connectivity index (χ2v) is 7.95. The number of carbonyl (C=O) groups excluding carboxylic acids is 1. The number of halogens is 4. The largest absolute Gasteiger partial charge is 0.417 e. The number of pyridine rings is 1. The summed E-state index contributed by atoms with van der Waals surface area (Å²) in [6.45, 7) is 2.77. The lowest BCUT2D eigenvalue weighted by Crippen LogP contribution is -2.30. The van der Waals surface area contributed by atoms with Crippen LogP contribution in [-0.2, 0) is 17.5 Å². The van der Waals surface area contributed by atoms with E-state index < -0.39 is 29.8 Å². The number of hydrogen-bond donors (Lipinski definition) is 1. The van der Waals surface area contributed by atoms with E-state index in [1.165, 1.54) is 11.6 Å². The maximum atomic E-state index is 13.8. The molecule has 1 amide bonds. The van der Waals surface area contributed by atoms with Gasteiger partial charge in [0, 0.05) is 6.07 Å². The van der Waals surface area contributed by atoms with E-state index in [1.54, 1.807) is 48.5 Å². The summed E-state index contributed by atoms with van der Waals surface area (Å²) in [5.41, 5.74) is -0.386. The van der Waals surface area contributed by atoms with Crippen molar-refractivity contribution in [3.63, 3.8) is 0 Å². The molecule has 170 valence electrons.